The van der Waals surface area contributed by atoms with Gasteiger partial charge in [0.1, 0.15) is 0 Å². The van der Waals surface area contributed by atoms with Gasteiger partial charge in [0, 0.05) is 24.7 Å². The van der Waals surface area contributed by atoms with Crippen LogP contribution in [0.2, 0.25) is 0 Å². The van der Waals surface area contributed by atoms with E-state index >= 15 is 0 Å². The lowest BCUT2D eigenvalue weighted by Crippen LogP contribution is -2.37. The van der Waals surface area contributed by atoms with E-state index in [-0.39, 0.29) is 11.1 Å². The zero-order chi connectivity index (χ0) is 15.0. The van der Waals surface area contributed by atoms with Crippen molar-refractivity contribution in [1.29, 1.82) is 0 Å². The van der Waals surface area contributed by atoms with E-state index in [0.29, 0.717) is 16.7 Å². The van der Waals surface area contributed by atoms with Gasteiger partial charge in [0.2, 0.25) is 0 Å². The van der Waals surface area contributed by atoms with Crippen molar-refractivity contribution in [3.8, 4) is 0 Å². The number of nitrogens with zero attached hydrogens (tertiary/aromatic N) is 2. The van der Waals surface area contributed by atoms with Crippen LogP contribution in [0.4, 0.5) is 5.82 Å². The minimum atomic E-state index is -3.60. The lowest BCUT2D eigenvalue weighted by atomic mass is 10.0. The molecule has 0 spiro atoms. The molecule has 0 amide bonds. The van der Waals surface area contributed by atoms with Gasteiger partial charge in [-0.15, -0.1) is 11.3 Å². The normalized spacial score (nSPS) is 18.4. The molecular weight excluding hydrogens is 308 g/mol. The van der Waals surface area contributed by atoms with Gasteiger partial charge in [0.25, 0.3) is 10.0 Å². The zero-order valence-corrected chi connectivity index (χ0v) is 13.8. The van der Waals surface area contributed by atoms with Crippen molar-refractivity contribution in [2.75, 3.05) is 12.4 Å². The number of rotatable bonds is 5. The number of sulfonamides is 1. The number of aromatic nitrogens is 2. The maximum atomic E-state index is 12.7. The van der Waals surface area contributed by atoms with E-state index in [1.54, 1.807) is 17.6 Å². The molecule has 6 nitrogen and oxygen atoms in total. The van der Waals surface area contributed by atoms with E-state index in [9.17, 15) is 8.42 Å². The number of fused-ring (bicyclic) bond motifs is 1. The Bertz CT molecular complexity index is 729. The fourth-order valence-corrected chi connectivity index (χ4v) is 5.41. The molecule has 21 heavy (non-hydrogen) atoms. The fourth-order valence-electron chi connectivity index (χ4n) is 3.04. The van der Waals surface area contributed by atoms with Gasteiger partial charge in [0.15, 0.2) is 15.8 Å². The Morgan fingerprint density at radius 1 is 1.43 bits per heavy atom. The van der Waals surface area contributed by atoms with E-state index in [2.05, 4.69) is 15.0 Å². The van der Waals surface area contributed by atoms with Gasteiger partial charge in [-0.2, -0.15) is 0 Å². The minimum Gasteiger partial charge on any atom is -0.371 e. The Hall–Kier alpha value is -1.12. The van der Waals surface area contributed by atoms with Crippen LogP contribution in [0.1, 0.15) is 32.6 Å². The Labute approximate surface area is 128 Å². The van der Waals surface area contributed by atoms with Gasteiger partial charge in [-0.25, -0.2) is 18.1 Å². The molecule has 1 saturated carbocycles. The predicted molar refractivity (Wildman–Crippen MR) is 84.4 cm³/mol. The number of anilines is 1. The summed E-state index contributed by atoms with van der Waals surface area (Å²) >= 11 is 1.42. The third kappa shape index (κ3) is 2.67. The molecule has 2 heterocycles. The first kappa shape index (κ1) is 14.8. The van der Waals surface area contributed by atoms with Gasteiger partial charge in [-0.3, -0.25) is 4.40 Å². The minimum absolute atomic E-state index is 0.0496. The van der Waals surface area contributed by atoms with Crippen molar-refractivity contribution in [2.24, 2.45) is 5.92 Å². The molecule has 1 unspecified atom stereocenters. The molecule has 0 aliphatic heterocycles. The van der Waals surface area contributed by atoms with E-state index in [1.165, 1.54) is 24.2 Å². The van der Waals surface area contributed by atoms with Gasteiger partial charge in [-0.1, -0.05) is 12.8 Å². The SMILES string of the molecule is CNc1nc2sccn2c1S(=O)(=O)NC(C)C1CCCC1. The molecule has 0 radical (unpaired) electrons. The highest BCUT2D eigenvalue weighted by atomic mass is 32.2. The summed E-state index contributed by atoms with van der Waals surface area (Å²) < 4.78 is 29.9. The number of imidazole rings is 1. The van der Waals surface area contributed by atoms with Crippen molar-refractivity contribution >= 4 is 32.1 Å². The molecule has 1 aliphatic rings. The molecule has 0 aromatic carbocycles. The standard InChI is InChI=1S/C13H20N4O2S2/c1-9(10-5-3-4-6-10)16-21(18,19)12-11(14-2)15-13-17(12)7-8-20-13/h7-10,14,16H,3-6H2,1-2H3. The predicted octanol–water partition coefficient (Wildman–Crippen LogP) is 2.29. The molecule has 8 heteroatoms. The summed E-state index contributed by atoms with van der Waals surface area (Å²) in [5, 5.41) is 4.91. The van der Waals surface area contributed by atoms with Crippen molar-refractivity contribution in [3.63, 3.8) is 0 Å². The highest BCUT2D eigenvalue weighted by molar-refractivity contribution is 7.89. The Balaban J connectivity index is 1.93. The van der Waals surface area contributed by atoms with Crippen LogP contribution in [0.5, 0.6) is 0 Å². The third-order valence-electron chi connectivity index (χ3n) is 4.16. The maximum absolute atomic E-state index is 12.7. The van der Waals surface area contributed by atoms with Crippen molar-refractivity contribution in [2.45, 2.75) is 43.7 Å². The molecule has 3 rings (SSSR count). The molecule has 2 aromatic heterocycles. The van der Waals surface area contributed by atoms with Crippen LogP contribution in [-0.2, 0) is 10.0 Å². The van der Waals surface area contributed by atoms with E-state index in [1.807, 2.05) is 12.3 Å². The first-order valence-corrected chi connectivity index (χ1v) is 9.55. The second-order valence-electron chi connectivity index (χ2n) is 5.53. The molecule has 116 valence electrons. The largest absolute Gasteiger partial charge is 0.371 e. The summed E-state index contributed by atoms with van der Waals surface area (Å²) in [6.45, 7) is 1.96. The molecule has 1 atom stereocenters. The first-order chi connectivity index (χ1) is 10.0. The Kier molecular flexibility index (Phi) is 3.94. The number of nitrogens with one attached hydrogen (secondary N) is 2. The van der Waals surface area contributed by atoms with Crippen LogP contribution in [0.3, 0.4) is 0 Å². The van der Waals surface area contributed by atoms with Crippen LogP contribution in [0, 0.1) is 5.92 Å². The van der Waals surface area contributed by atoms with Gasteiger partial charge in [-0.05, 0) is 25.7 Å². The highest BCUT2D eigenvalue weighted by Crippen LogP contribution is 2.30. The molecule has 2 aromatic rings. The second kappa shape index (κ2) is 5.58. The number of hydrogen-bond donors (Lipinski definition) is 2. The van der Waals surface area contributed by atoms with Crippen LogP contribution in [0.15, 0.2) is 16.6 Å². The molecule has 1 fully saturated rings. The number of hydrogen-bond acceptors (Lipinski definition) is 5. The molecule has 1 aliphatic carbocycles. The third-order valence-corrected chi connectivity index (χ3v) is 6.50. The number of thiazole rings is 1. The summed E-state index contributed by atoms with van der Waals surface area (Å²) in [4.78, 5) is 4.99. The summed E-state index contributed by atoms with van der Waals surface area (Å²) in [7, 11) is -1.91. The topological polar surface area (TPSA) is 75.5 Å². The van der Waals surface area contributed by atoms with Crippen LogP contribution >= 0.6 is 11.3 Å². The van der Waals surface area contributed by atoms with Crippen LogP contribution in [0.25, 0.3) is 4.96 Å². The summed E-state index contributed by atoms with van der Waals surface area (Å²) in [5.74, 6) is 0.830. The van der Waals surface area contributed by atoms with E-state index in [0.717, 1.165) is 12.8 Å². The quantitative estimate of drug-likeness (QED) is 0.883. The van der Waals surface area contributed by atoms with Crippen LogP contribution < -0.4 is 10.0 Å². The van der Waals surface area contributed by atoms with E-state index < -0.39 is 10.0 Å². The lowest BCUT2D eigenvalue weighted by Gasteiger charge is -2.20. The maximum Gasteiger partial charge on any atom is 0.260 e. The average Bonchev–Trinajstić information content (AvgIpc) is 3.13. The highest BCUT2D eigenvalue weighted by Gasteiger charge is 2.30. The lowest BCUT2D eigenvalue weighted by molar-refractivity contribution is 0.423. The van der Waals surface area contributed by atoms with Crippen molar-refractivity contribution in [1.82, 2.24) is 14.1 Å². The monoisotopic (exact) mass is 328 g/mol. The Morgan fingerprint density at radius 3 is 2.81 bits per heavy atom. The smallest absolute Gasteiger partial charge is 0.260 e. The average molecular weight is 328 g/mol. The summed E-state index contributed by atoms with van der Waals surface area (Å²) in [6, 6.07) is -0.0496. The fraction of sp³-hybridized carbons (Fsp3) is 0.615. The van der Waals surface area contributed by atoms with E-state index in [4.69, 9.17) is 0 Å². The Morgan fingerprint density at radius 2 is 2.14 bits per heavy atom. The molecule has 2 N–H and O–H groups in total. The van der Waals surface area contributed by atoms with Crippen molar-refractivity contribution < 1.29 is 8.42 Å². The molecule has 0 bridgehead atoms. The molecule has 0 saturated heterocycles. The second-order valence-corrected chi connectivity index (χ2v) is 8.03. The molecular formula is C13H20N4O2S2. The van der Waals surface area contributed by atoms with Gasteiger partial charge < -0.3 is 5.32 Å². The van der Waals surface area contributed by atoms with Gasteiger partial charge in [0.05, 0.1) is 0 Å². The zero-order valence-electron chi connectivity index (χ0n) is 12.2. The first-order valence-electron chi connectivity index (χ1n) is 7.18. The van der Waals surface area contributed by atoms with Crippen LogP contribution in [-0.4, -0.2) is 30.9 Å². The van der Waals surface area contributed by atoms with Gasteiger partial charge >= 0.3 is 0 Å². The summed E-state index contributed by atoms with van der Waals surface area (Å²) in [6.07, 6.45) is 6.33. The summed E-state index contributed by atoms with van der Waals surface area (Å²) in [5.41, 5.74) is 0. The van der Waals surface area contributed by atoms with Crippen molar-refractivity contribution in [3.05, 3.63) is 11.6 Å².